The normalized spacial score (nSPS) is 16.0. The van der Waals surface area contributed by atoms with Gasteiger partial charge in [-0.1, -0.05) is 11.8 Å². The minimum atomic E-state index is -4.40. The van der Waals surface area contributed by atoms with Crippen molar-refractivity contribution >= 4 is 39.2 Å². The minimum Gasteiger partial charge on any atom is -0.330 e. The molecule has 1 aliphatic rings. The van der Waals surface area contributed by atoms with Crippen LogP contribution in [0.25, 0.3) is 10.2 Å². The Balaban J connectivity index is 1.80. The average molecular weight is 418 g/mol. The first-order valence-corrected chi connectivity index (χ1v) is 10.6. The predicted molar refractivity (Wildman–Crippen MR) is 102 cm³/mol. The Morgan fingerprint density at radius 1 is 1.30 bits per heavy atom. The molecular weight excluding hydrogens is 395 g/mol. The Morgan fingerprint density at radius 2 is 1.96 bits per heavy atom. The van der Waals surface area contributed by atoms with E-state index in [0.717, 1.165) is 38.4 Å². The van der Waals surface area contributed by atoms with Gasteiger partial charge in [0.25, 0.3) is 0 Å². The number of amides is 1. The summed E-state index contributed by atoms with van der Waals surface area (Å²) in [5, 5.41) is 1.57. The topological polar surface area (TPSA) is 46.1 Å². The molecule has 27 heavy (non-hydrogen) atoms. The van der Waals surface area contributed by atoms with Gasteiger partial charge in [0.15, 0.2) is 0 Å². The maximum absolute atomic E-state index is 13.0. The van der Waals surface area contributed by atoms with Gasteiger partial charge in [-0.15, -0.1) is 11.3 Å². The average Bonchev–Trinajstić information content (AvgIpc) is 3.36. The third kappa shape index (κ3) is 4.74. The molecule has 2 heterocycles. The van der Waals surface area contributed by atoms with Crippen LogP contribution in [0.2, 0.25) is 0 Å². The number of carbonyl (C=O) groups excluding carboxylic acids is 1. The van der Waals surface area contributed by atoms with Crippen LogP contribution in [0.15, 0.2) is 5.03 Å². The van der Waals surface area contributed by atoms with Crippen LogP contribution in [0.4, 0.5) is 13.2 Å². The number of thioether (sulfide) groups is 1. The summed E-state index contributed by atoms with van der Waals surface area (Å²) in [5.74, 6) is 0.214. The number of aromatic nitrogens is 2. The van der Waals surface area contributed by atoms with Crippen LogP contribution in [0.1, 0.15) is 36.0 Å². The smallest absolute Gasteiger partial charge is 0.330 e. The molecule has 3 rings (SSSR count). The molecule has 1 atom stereocenters. The van der Waals surface area contributed by atoms with Gasteiger partial charge >= 0.3 is 6.18 Å². The second-order valence-corrected chi connectivity index (χ2v) is 9.21. The van der Waals surface area contributed by atoms with Crippen molar-refractivity contribution in [1.82, 2.24) is 14.9 Å². The highest BCUT2D eigenvalue weighted by atomic mass is 32.2. The van der Waals surface area contributed by atoms with Gasteiger partial charge in [-0.25, -0.2) is 9.97 Å². The first-order chi connectivity index (χ1) is 12.6. The van der Waals surface area contributed by atoms with Crippen molar-refractivity contribution in [2.75, 3.05) is 12.3 Å². The molecule has 2 aromatic heterocycles. The highest BCUT2D eigenvalue weighted by molar-refractivity contribution is 8.00. The van der Waals surface area contributed by atoms with Crippen LogP contribution in [0.5, 0.6) is 0 Å². The highest BCUT2D eigenvalue weighted by Gasteiger charge is 2.40. The lowest BCUT2D eigenvalue weighted by molar-refractivity contribution is -0.164. The molecule has 4 nitrogen and oxygen atoms in total. The van der Waals surface area contributed by atoms with Crippen molar-refractivity contribution in [2.24, 2.45) is 5.92 Å². The number of rotatable bonds is 6. The molecule has 0 saturated heterocycles. The van der Waals surface area contributed by atoms with Crippen molar-refractivity contribution < 1.29 is 18.0 Å². The quantitative estimate of drug-likeness (QED) is 0.496. The maximum Gasteiger partial charge on any atom is 0.406 e. The molecule has 9 heteroatoms. The molecule has 0 unspecified atom stereocenters. The lowest BCUT2D eigenvalue weighted by Crippen LogP contribution is -2.46. The molecule has 0 aliphatic heterocycles. The molecule has 0 spiro atoms. The van der Waals surface area contributed by atoms with E-state index in [2.05, 4.69) is 9.97 Å². The van der Waals surface area contributed by atoms with Crippen LogP contribution in [0.3, 0.4) is 0 Å². The van der Waals surface area contributed by atoms with Crippen LogP contribution in [-0.2, 0) is 4.79 Å². The van der Waals surface area contributed by atoms with E-state index in [9.17, 15) is 18.0 Å². The zero-order valence-electron chi connectivity index (χ0n) is 15.7. The molecule has 1 aliphatic carbocycles. The van der Waals surface area contributed by atoms with Crippen molar-refractivity contribution in [3.05, 3.63) is 16.3 Å². The monoisotopic (exact) mass is 417 g/mol. The Bertz CT molecular complexity index is 862. The van der Waals surface area contributed by atoms with Crippen LogP contribution in [0, 0.1) is 26.7 Å². The lowest BCUT2D eigenvalue weighted by Gasteiger charge is -2.30. The molecule has 1 fully saturated rings. The molecular formula is C18H22F3N3OS2. The second-order valence-electron chi connectivity index (χ2n) is 7.04. The van der Waals surface area contributed by atoms with E-state index in [1.54, 1.807) is 25.2 Å². The highest BCUT2D eigenvalue weighted by Crippen LogP contribution is 2.38. The lowest BCUT2D eigenvalue weighted by atomic mass is 10.2. The number of hydrogen-bond acceptors (Lipinski definition) is 5. The van der Waals surface area contributed by atoms with E-state index in [0.29, 0.717) is 10.9 Å². The molecule has 2 aromatic rings. The summed E-state index contributed by atoms with van der Waals surface area (Å²) >= 11 is 2.76. The summed E-state index contributed by atoms with van der Waals surface area (Å²) in [5.41, 5.74) is 1.06. The zero-order chi connectivity index (χ0) is 19.9. The number of aryl methyl sites for hydroxylation is 3. The molecule has 0 bridgehead atoms. The molecule has 148 valence electrons. The third-order valence-corrected chi connectivity index (χ3v) is 6.97. The fourth-order valence-electron chi connectivity index (χ4n) is 3.12. The van der Waals surface area contributed by atoms with Gasteiger partial charge in [-0.3, -0.25) is 4.79 Å². The van der Waals surface area contributed by atoms with E-state index in [4.69, 9.17) is 0 Å². The first-order valence-electron chi connectivity index (χ1n) is 8.80. The van der Waals surface area contributed by atoms with E-state index >= 15 is 0 Å². The van der Waals surface area contributed by atoms with E-state index in [1.807, 2.05) is 13.8 Å². The number of halogens is 3. The number of alkyl halides is 3. The summed E-state index contributed by atoms with van der Waals surface area (Å²) in [6.07, 6.45) is -2.63. The molecule has 1 amide bonds. The number of nitrogens with zero attached hydrogens (tertiary/aromatic N) is 3. The van der Waals surface area contributed by atoms with Crippen molar-refractivity contribution in [3.63, 3.8) is 0 Å². The van der Waals surface area contributed by atoms with Gasteiger partial charge in [-0.2, -0.15) is 13.2 Å². The van der Waals surface area contributed by atoms with Gasteiger partial charge in [-0.05, 0) is 52.0 Å². The van der Waals surface area contributed by atoms with Crippen molar-refractivity contribution in [1.29, 1.82) is 0 Å². The number of thiophene rings is 1. The summed E-state index contributed by atoms with van der Waals surface area (Å²) < 4.78 is 38.9. The number of carbonyl (C=O) groups is 1. The minimum absolute atomic E-state index is 0.0625. The van der Waals surface area contributed by atoms with E-state index < -0.39 is 24.7 Å². The van der Waals surface area contributed by atoms with Crippen molar-refractivity contribution in [3.8, 4) is 0 Å². The Morgan fingerprint density at radius 3 is 2.56 bits per heavy atom. The predicted octanol–water partition coefficient (Wildman–Crippen LogP) is 4.90. The molecule has 0 radical (unpaired) electrons. The summed E-state index contributed by atoms with van der Waals surface area (Å²) in [6, 6.07) is -0.392. The molecule has 0 aromatic carbocycles. The molecule has 0 N–H and O–H groups in total. The fraction of sp³-hybridized carbons (Fsp3) is 0.611. The standard InChI is InChI=1S/C18H22F3N3OS2/c1-9-11(3)27-17-15(9)16(22-12(4)23-17)26-7-14(25)24(8-18(19,20)21)10(2)13-5-6-13/h10,13H,5-8H2,1-4H3/t10-/m0/s1. The van der Waals surface area contributed by atoms with Crippen LogP contribution >= 0.6 is 23.1 Å². The van der Waals surface area contributed by atoms with Gasteiger partial charge in [0.2, 0.25) is 5.91 Å². The third-order valence-electron chi connectivity index (χ3n) is 4.91. The second kappa shape index (κ2) is 7.58. The maximum atomic E-state index is 13.0. The fourth-order valence-corrected chi connectivity index (χ4v) is 5.27. The molecule has 1 saturated carbocycles. The summed E-state index contributed by atoms with van der Waals surface area (Å²) in [7, 11) is 0. The first kappa shape index (κ1) is 20.4. The SMILES string of the molecule is Cc1nc(SCC(=O)N(CC(F)(F)F)[C@@H](C)C2CC2)c2c(C)c(C)sc2n1. The summed E-state index contributed by atoms with van der Waals surface area (Å²) in [6.45, 7) is 6.27. The Kier molecular flexibility index (Phi) is 5.72. The van der Waals surface area contributed by atoms with Gasteiger partial charge < -0.3 is 4.90 Å². The Hall–Kier alpha value is -1.35. The van der Waals surface area contributed by atoms with Crippen molar-refractivity contribution in [2.45, 2.75) is 57.8 Å². The zero-order valence-corrected chi connectivity index (χ0v) is 17.3. The van der Waals surface area contributed by atoms with Gasteiger partial charge in [0, 0.05) is 16.3 Å². The van der Waals surface area contributed by atoms with E-state index in [-0.39, 0.29) is 11.7 Å². The van der Waals surface area contributed by atoms with Crippen LogP contribution < -0.4 is 0 Å². The largest absolute Gasteiger partial charge is 0.406 e. The summed E-state index contributed by atoms with van der Waals surface area (Å²) in [4.78, 5) is 24.5. The Labute approximate surface area is 164 Å². The number of hydrogen-bond donors (Lipinski definition) is 0. The van der Waals surface area contributed by atoms with Crippen LogP contribution in [-0.4, -0.2) is 45.3 Å². The van der Waals surface area contributed by atoms with Gasteiger partial charge in [0.1, 0.15) is 22.2 Å². The van der Waals surface area contributed by atoms with E-state index in [1.165, 1.54) is 11.8 Å². The van der Waals surface area contributed by atoms with Gasteiger partial charge in [0.05, 0.1) is 5.75 Å². The number of fused-ring (bicyclic) bond motifs is 1.